The highest BCUT2D eigenvalue weighted by molar-refractivity contribution is 7.15. The van der Waals surface area contributed by atoms with Gasteiger partial charge in [-0.25, -0.2) is 4.98 Å². The molecular formula is C27H29N7O2S. The molecule has 0 bridgehead atoms. The third-order valence-corrected chi connectivity index (χ3v) is 7.30. The van der Waals surface area contributed by atoms with E-state index in [0.717, 1.165) is 35.0 Å². The second kappa shape index (κ2) is 11.2. The fourth-order valence-electron chi connectivity index (χ4n) is 4.49. The minimum Gasteiger partial charge on any atom is -0.404 e. The third-order valence-electron chi connectivity index (χ3n) is 6.17. The molecule has 0 aliphatic carbocycles. The second-order valence-corrected chi connectivity index (χ2v) is 10.2. The molecule has 4 N–H and O–H groups in total. The van der Waals surface area contributed by atoms with Crippen LogP contribution in [0.1, 0.15) is 47.3 Å². The lowest BCUT2D eigenvalue weighted by Crippen LogP contribution is -2.41. The number of nitrogens with two attached hydrogens (primary N) is 1. The maximum Gasteiger partial charge on any atom is 0.268 e. The van der Waals surface area contributed by atoms with E-state index in [-0.39, 0.29) is 29.3 Å². The van der Waals surface area contributed by atoms with E-state index >= 15 is 0 Å². The number of likely N-dealkylation sites (tertiary alicyclic amines) is 1. The first-order chi connectivity index (χ1) is 17.9. The van der Waals surface area contributed by atoms with E-state index in [1.165, 1.54) is 17.5 Å². The maximum absolute atomic E-state index is 13.2. The molecule has 2 amide bonds. The van der Waals surface area contributed by atoms with Gasteiger partial charge in [0.15, 0.2) is 0 Å². The van der Waals surface area contributed by atoms with Gasteiger partial charge in [-0.2, -0.15) is 5.26 Å². The predicted octanol–water partition coefficient (Wildman–Crippen LogP) is 4.57. The van der Waals surface area contributed by atoms with Crippen molar-refractivity contribution in [3.05, 3.63) is 64.0 Å². The van der Waals surface area contributed by atoms with Gasteiger partial charge in [-0.3, -0.25) is 14.9 Å². The van der Waals surface area contributed by atoms with Crippen LogP contribution in [0.3, 0.4) is 0 Å². The minimum absolute atomic E-state index is 0.0896. The van der Waals surface area contributed by atoms with Crippen LogP contribution < -0.4 is 11.1 Å². The van der Waals surface area contributed by atoms with Crippen LogP contribution in [0.25, 0.3) is 16.6 Å². The lowest BCUT2D eigenvalue weighted by molar-refractivity contribution is -0.128. The van der Waals surface area contributed by atoms with Crippen LogP contribution in [0.5, 0.6) is 0 Å². The highest BCUT2D eigenvalue weighted by Gasteiger charge is 2.30. The Hall–Kier alpha value is -4.23. The average Bonchev–Trinajstić information content (AvgIpc) is 3.53. The zero-order valence-electron chi connectivity index (χ0n) is 20.8. The topological polar surface area (TPSA) is 141 Å². The van der Waals surface area contributed by atoms with Gasteiger partial charge in [-0.15, -0.1) is 11.3 Å². The third kappa shape index (κ3) is 5.47. The van der Waals surface area contributed by atoms with Crippen molar-refractivity contribution in [2.24, 2.45) is 11.7 Å². The van der Waals surface area contributed by atoms with Gasteiger partial charge >= 0.3 is 0 Å². The Balaban J connectivity index is 1.64. The number of benzene rings is 1. The molecule has 1 aliphatic heterocycles. The Morgan fingerprint density at radius 2 is 2.03 bits per heavy atom. The molecule has 2 aromatic heterocycles. The highest BCUT2D eigenvalue weighted by Crippen LogP contribution is 2.32. The predicted molar refractivity (Wildman–Crippen MR) is 146 cm³/mol. The molecule has 3 heterocycles. The molecule has 0 spiro atoms. The van der Waals surface area contributed by atoms with Crippen molar-refractivity contribution in [3.63, 3.8) is 0 Å². The number of nitrogens with zero attached hydrogens (tertiary/aromatic N) is 4. The number of nitriles is 1. The molecule has 1 aromatic carbocycles. The fourth-order valence-corrected chi connectivity index (χ4v) is 5.39. The molecule has 1 aliphatic rings. The monoisotopic (exact) mass is 515 g/mol. The number of amides is 2. The summed E-state index contributed by atoms with van der Waals surface area (Å²) >= 11 is 1.24. The minimum atomic E-state index is -0.315. The Kier molecular flexibility index (Phi) is 7.84. The summed E-state index contributed by atoms with van der Waals surface area (Å²) in [6.07, 6.45) is 5.75. The molecule has 10 heteroatoms. The Labute approximate surface area is 219 Å². The SMILES string of the molecule is CC(C)C=C(C#N)C(=O)N1CCCC(n2c(NC(=O)c3ccc(/C(C=N)=C/N)s3)nc3ccccc32)C1. The number of para-hydroxylation sites is 2. The Morgan fingerprint density at radius 3 is 2.73 bits per heavy atom. The summed E-state index contributed by atoms with van der Waals surface area (Å²) in [4.78, 5) is 33.9. The molecule has 1 fully saturated rings. The zero-order valence-corrected chi connectivity index (χ0v) is 21.6. The van der Waals surface area contributed by atoms with Crippen LogP contribution in [0.4, 0.5) is 5.95 Å². The van der Waals surface area contributed by atoms with Crippen molar-refractivity contribution in [1.29, 1.82) is 10.7 Å². The molecule has 0 radical (unpaired) electrons. The number of imidazole rings is 1. The Bertz CT molecular complexity index is 1440. The quantitative estimate of drug-likeness (QED) is 0.240. The standard InChI is InChI=1S/C27H29N7O2S/c1-17(2)12-18(13-28)26(36)33-11-5-6-20(16-33)34-22-8-4-3-7-21(22)31-27(34)32-25(35)24-10-9-23(37-24)19(14-29)15-30/h3-4,7-10,12,14-15,17,20,29H,5-6,11,16,30H2,1-2H3,(H,31,32,35)/b18-12?,19-15+,29-14?. The van der Waals surface area contributed by atoms with E-state index in [1.54, 1.807) is 23.1 Å². The van der Waals surface area contributed by atoms with Crippen molar-refractivity contribution in [1.82, 2.24) is 14.5 Å². The smallest absolute Gasteiger partial charge is 0.268 e. The molecule has 3 aromatic rings. The summed E-state index contributed by atoms with van der Waals surface area (Å²) in [5, 5.41) is 20.0. The van der Waals surface area contributed by atoms with E-state index in [9.17, 15) is 14.9 Å². The van der Waals surface area contributed by atoms with E-state index in [0.29, 0.717) is 29.5 Å². The molecule has 1 unspecified atom stereocenters. The molecule has 37 heavy (non-hydrogen) atoms. The van der Waals surface area contributed by atoms with Crippen molar-refractivity contribution < 1.29 is 9.59 Å². The summed E-state index contributed by atoms with van der Waals surface area (Å²) in [5.74, 6) is -0.0892. The van der Waals surface area contributed by atoms with Crippen LogP contribution in [-0.2, 0) is 4.79 Å². The van der Waals surface area contributed by atoms with Gasteiger partial charge in [-0.1, -0.05) is 32.1 Å². The first kappa shape index (κ1) is 25.9. The molecule has 9 nitrogen and oxygen atoms in total. The first-order valence-corrected chi connectivity index (χ1v) is 12.9. The van der Waals surface area contributed by atoms with Gasteiger partial charge in [-0.05, 0) is 43.0 Å². The lowest BCUT2D eigenvalue weighted by atomic mass is 10.0. The zero-order chi connectivity index (χ0) is 26.5. The van der Waals surface area contributed by atoms with Crippen molar-refractivity contribution >= 4 is 51.9 Å². The molecule has 0 saturated carbocycles. The highest BCUT2D eigenvalue weighted by atomic mass is 32.1. The van der Waals surface area contributed by atoms with Gasteiger partial charge in [0.2, 0.25) is 5.95 Å². The van der Waals surface area contributed by atoms with E-state index < -0.39 is 0 Å². The van der Waals surface area contributed by atoms with Crippen molar-refractivity contribution in [2.75, 3.05) is 18.4 Å². The summed E-state index contributed by atoms with van der Waals surface area (Å²) in [7, 11) is 0. The number of rotatable bonds is 7. The van der Waals surface area contributed by atoms with E-state index in [2.05, 4.69) is 16.4 Å². The summed E-state index contributed by atoms with van der Waals surface area (Å²) in [6, 6.07) is 13.0. The number of nitrogens with one attached hydrogen (secondary N) is 2. The van der Waals surface area contributed by atoms with E-state index in [1.807, 2.05) is 42.7 Å². The van der Waals surface area contributed by atoms with Crippen LogP contribution in [-0.4, -0.2) is 45.6 Å². The number of thiophene rings is 1. The van der Waals surface area contributed by atoms with Crippen LogP contribution in [0.2, 0.25) is 0 Å². The average molecular weight is 516 g/mol. The molecule has 4 rings (SSSR count). The van der Waals surface area contributed by atoms with Gasteiger partial charge in [0.05, 0.1) is 22.0 Å². The van der Waals surface area contributed by atoms with E-state index in [4.69, 9.17) is 11.1 Å². The number of carbonyl (C=O) groups is 2. The van der Waals surface area contributed by atoms with Crippen LogP contribution in [0, 0.1) is 22.7 Å². The number of fused-ring (bicyclic) bond motifs is 1. The Morgan fingerprint density at radius 1 is 1.27 bits per heavy atom. The summed E-state index contributed by atoms with van der Waals surface area (Å²) in [5.41, 5.74) is 7.87. The maximum atomic E-state index is 13.2. The normalized spacial score (nSPS) is 16.6. The molecule has 1 atom stereocenters. The number of hydrogen-bond acceptors (Lipinski definition) is 7. The van der Waals surface area contributed by atoms with Gasteiger partial charge in [0.25, 0.3) is 11.8 Å². The molecular weight excluding hydrogens is 486 g/mol. The molecule has 190 valence electrons. The fraction of sp³-hybridized carbons (Fsp3) is 0.296. The number of hydrogen-bond donors (Lipinski definition) is 3. The number of anilines is 1. The van der Waals surface area contributed by atoms with Crippen LogP contribution in [0.15, 0.2) is 54.2 Å². The van der Waals surface area contributed by atoms with Crippen molar-refractivity contribution in [2.45, 2.75) is 32.7 Å². The van der Waals surface area contributed by atoms with Crippen LogP contribution >= 0.6 is 11.3 Å². The number of allylic oxidation sites excluding steroid dienone is 2. The first-order valence-electron chi connectivity index (χ1n) is 12.1. The van der Waals surface area contributed by atoms with Gasteiger partial charge in [0, 0.05) is 36.0 Å². The summed E-state index contributed by atoms with van der Waals surface area (Å²) < 4.78 is 1.99. The number of carbonyl (C=O) groups excluding carboxylic acids is 2. The largest absolute Gasteiger partial charge is 0.404 e. The van der Waals surface area contributed by atoms with Crippen molar-refractivity contribution in [3.8, 4) is 6.07 Å². The number of aromatic nitrogens is 2. The van der Waals surface area contributed by atoms with Gasteiger partial charge < -0.3 is 20.6 Å². The molecule has 1 saturated heterocycles. The second-order valence-electron chi connectivity index (χ2n) is 9.16. The lowest BCUT2D eigenvalue weighted by Gasteiger charge is -2.34. The van der Waals surface area contributed by atoms with Gasteiger partial charge in [0.1, 0.15) is 11.6 Å². The summed E-state index contributed by atoms with van der Waals surface area (Å²) in [6.45, 7) is 4.85. The number of piperidine rings is 1.